The van der Waals surface area contributed by atoms with Crippen molar-refractivity contribution in [3.63, 3.8) is 0 Å². The average molecular weight is 490 g/mol. The first-order valence-corrected chi connectivity index (χ1v) is 13.2. The summed E-state index contributed by atoms with van der Waals surface area (Å²) < 4.78 is 21.8. The van der Waals surface area contributed by atoms with Gasteiger partial charge in [-0.25, -0.2) is 9.37 Å². The lowest BCUT2D eigenvalue weighted by Crippen LogP contribution is -2.22. The Morgan fingerprint density at radius 2 is 1.80 bits per heavy atom. The van der Waals surface area contributed by atoms with Crippen molar-refractivity contribution in [3.05, 3.63) is 84.1 Å². The summed E-state index contributed by atoms with van der Waals surface area (Å²) >= 11 is 1.68. The Kier molecular flexibility index (Phi) is 7.04. The standard InChI is InChI=1S/C28H28FN3O2S/c1-35-23-13-7-19(8-14-23)17-30-28(33)25-16-15-24(34-25)27-26(20-9-11-21(29)12-10-20)31-18-32(27)22-5-3-2-4-6-22/h7-16,18,22H,2-6,17H2,1H3,(H,30,33). The van der Waals surface area contributed by atoms with Crippen LogP contribution in [0.1, 0.15) is 54.3 Å². The summed E-state index contributed by atoms with van der Waals surface area (Å²) in [6.07, 6.45) is 9.65. The Morgan fingerprint density at radius 1 is 1.06 bits per heavy atom. The summed E-state index contributed by atoms with van der Waals surface area (Å²) in [5.41, 5.74) is 3.39. The first-order chi connectivity index (χ1) is 17.1. The Bertz CT molecular complexity index is 1290. The molecule has 0 radical (unpaired) electrons. The molecular weight excluding hydrogens is 461 g/mol. The van der Waals surface area contributed by atoms with E-state index in [1.807, 2.05) is 42.9 Å². The van der Waals surface area contributed by atoms with Gasteiger partial charge in [-0.3, -0.25) is 4.79 Å². The van der Waals surface area contributed by atoms with Crippen LogP contribution in [0.2, 0.25) is 0 Å². The number of imidazole rings is 1. The Balaban J connectivity index is 1.41. The first kappa shape index (κ1) is 23.4. The molecule has 5 rings (SSSR count). The molecule has 0 spiro atoms. The number of benzene rings is 2. The predicted molar refractivity (Wildman–Crippen MR) is 137 cm³/mol. The number of thioether (sulfide) groups is 1. The summed E-state index contributed by atoms with van der Waals surface area (Å²) in [4.78, 5) is 18.7. The van der Waals surface area contributed by atoms with Gasteiger partial charge in [0.25, 0.3) is 5.91 Å². The molecule has 0 bridgehead atoms. The van der Waals surface area contributed by atoms with Gasteiger partial charge in [0.05, 0.1) is 12.0 Å². The minimum Gasteiger partial charge on any atom is -0.449 e. The molecule has 180 valence electrons. The van der Waals surface area contributed by atoms with Gasteiger partial charge in [-0.2, -0.15) is 0 Å². The number of hydrogen-bond acceptors (Lipinski definition) is 4. The summed E-state index contributed by atoms with van der Waals surface area (Å²) in [6.45, 7) is 0.421. The highest BCUT2D eigenvalue weighted by Gasteiger charge is 2.25. The molecule has 1 fully saturated rings. The monoisotopic (exact) mass is 489 g/mol. The van der Waals surface area contributed by atoms with Crippen LogP contribution in [0.4, 0.5) is 4.39 Å². The third-order valence-corrected chi connectivity index (χ3v) is 7.30. The zero-order valence-corrected chi connectivity index (χ0v) is 20.5. The smallest absolute Gasteiger partial charge is 0.287 e. The molecule has 1 aliphatic rings. The van der Waals surface area contributed by atoms with Crippen LogP contribution in [0.15, 0.2) is 76.3 Å². The fraction of sp³-hybridized carbons (Fsp3) is 0.286. The van der Waals surface area contributed by atoms with Gasteiger partial charge in [-0.1, -0.05) is 31.4 Å². The summed E-state index contributed by atoms with van der Waals surface area (Å²) in [6, 6.07) is 18.3. The third kappa shape index (κ3) is 5.20. The normalized spacial score (nSPS) is 14.2. The van der Waals surface area contributed by atoms with E-state index in [0.29, 0.717) is 18.3 Å². The van der Waals surface area contributed by atoms with E-state index in [0.717, 1.165) is 35.4 Å². The van der Waals surface area contributed by atoms with Crippen molar-refractivity contribution in [2.75, 3.05) is 6.26 Å². The van der Waals surface area contributed by atoms with Gasteiger partial charge < -0.3 is 14.3 Å². The van der Waals surface area contributed by atoms with Crippen molar-refractivity contribution < 1.29 is 13.6 Å². The largest absolute Gasteiger partial charge is 0.449 e. The van der Waals surface area contributed by atoms with Gasteiger partial charge in [0.2, 0.25) is 0 Å². The molecule has 1 saturated carbocycles. The van der Waals surface area contributed by atoms with Crippen LogP contribution in [0.3, 0.4) is 0 Å². The Hall–Kier alpha value is -3.32. The Labute approximate surface area is 208 Å². The molecular formula is C28H28FN3O2S. The van der Waals surface area contributed by atoms with Gasteiger partial charge in [0.15, 0.2) is 11.5 Å². The molecule has 35 heavy (non-hydrogen) atoms. The number of amides is 1. The van der Waals surface area contributed by atoms with Gasteiger partial charge in [0.1, 0.15) is 11.5 Å². The van der Waals surface area contributed by atoms with Crippen molar-refractivity contribution in [1.29, 1.82) is 0 Å². The SMILES string of the molecule is CSc1ccc(CNC(=O)c2ccc(-c3c(-c4ccc(F)cc4)ncn3C3CCCCC3)o2)cc1. The number of nitrogens with one attached hydrogen (secondary N) is 1. The molecule has 2 aromatic heterocycles. The van der Waals surface area contributed by atoms with Gasteiger partial charge in [0, 0.05) is 23.0 Å². The van der Waals surface area contributed by atoms with E-state index in [-0.39, 0.29) is 17.5 Å². The van der Waals surface area contributed by atoms with Gasteiger partial charge in [-0.05, 0) is 73.2 Å². The first-order valence-electron chi connectivity index (χ1n) is 12.0. The number of nitrogens with zero attached hydrogens (tertiary/aromatic N) is 2. The van der Waals surface area contributed by atoms with Gasteiger partial charge in [-0.15, -0.1) is 11.8 Å². The number of carbonyl (C=O) groups is 1. The molecule has 2 heterocycles. The van der Waals surface area contributed by atoms with Crippen molar-refractivity contribution >= 4 is 17.7 Å². The number of carbonyl (C=O) groups excluding carboxylic acids is 1. The highest BCUT2D eigenvalue weighted by molar-refractivity contribution is 7.98. The second kappa shape index (κ2) is 10.5. The van der Waals surface area contributed by atoms with Crippen LogP contribution in [0.25, 0.3) is 22.7 Å². The summed E-state index contributed by atoms with van der Waals surface area (Å²) in [7, 11) is 0. The van der Waals surface area contributed by atoms with E-state index in [4.69, 9.17) is 9.40 Å². The maximum Gasteiger partial charge on any atom is 0.287 e. The highest BCUT2D eigenvalue weighted by atomic mass is 32.2. The van der Waals surface area contributed by atoms with E-state index in [1.165, 1.54) is 36.3 Å². The molecule has 2 aromatic carbocycles. The van der Waals surface area contributed by atoms with Crippen molar-refractivity contribution in [3.8, 4) is 22.7 Å². The molecule has 1 N–H and O–H groups in total. The van der Waals surface area contributed by atoms with Crippen LogP contribution >= 0.6 is 11.8 Å². The Morgan fingerprint density at radius 3 is 2.51 bits per heavy atom. The van der Waals surface area contributed by atoms with E-state index < -0.39 is 0 Å². The fourth-order valence-electron chi connectivity index (χ4n) is 4.66. The van der Waals surface area contributed by atoms with Crippen LogP contribution in [0.5, 0.6) is 0 Å². The number of hydrogen-bond donors (Lipinski definition) is 1. The molecule has 4 aromatic rings. The minimum atomic E-state index is -0.290. The van der Waals surface area contributed by atoms with E-state index in [9.17, 15) is 9.18 Å². The molecule has 1 aliphatic carbocycles. The van der Waals surface area contributed by atoms with Crippen molar-refractivity contribution in [2.45, 2.75) is 49.6 Å². The van der Waals surface area contributed by atoms with E-state index in [1.54, 1.807) is 30.0 Å². The predicted octanol–water partition coefficient (Wildman–Crippen LogP) is 7.11. The number of aromatic nitrogens is 2. The third-order valence-electron chi connectivity index (χ3n) is 6.55. The molecule has 0 aliphatic heterocycles. The maximum absolute atomic E-state index is 13.6. The van der Waals surface area contributed by atoms with Crippen molar-refractivity contribution in [1.82, 2.24) is 14.9 Å². The quantitative estimate of drug-likeness (QED) is 0.281. The van der Waals surface area contributed by atoms with E-state index in [2.05, 4.69) is 9.88 Å². The van der Waals surface area contributed by atoms with Gasteiger partial charge >= 0.3 is 0 Å². The lowest BCUT2D eigenvalue weighted by atomic mass is 9.95. The minimum absolute atomic E-state index is 0.252. The second-order valence-electron chi connectivity index (χ2n) is 8.84. The molecule has 0 unspecified atom stereocenters. The van der Waals surface area contributed by atoms with Crippen LogP contribution < -0.4 is 5.32 Å². The number of halogens is 1. The molecule has 5 nitrogen and oxygen atoms in total. The van der Waals surface area contributed by atoms with Crippen LogP contribution in [-0.2, 0) is 6.54 Å². The summed E-state index contributed by atoms with van der Waals surface area (Å²) in [5.74, 6) is 0.281. The molecule has 0 saturated heterocycles. The summed E-state index contributed by atoms with van der Waals surface area (Å²) in [5, 5.41) is 2.94. The van der Waals surface area contributed by atoms with Crippen LogP contribution in [0, 0.1) is 5.82 Å². The second-order valence-corrected chi connectivity index (χ2v) is 9.72. The average Bonchev–Trinajstić information content (AvgIpc) is 3.56. The number of rotatable bonds is 7. The lowest BCUT2D eigenvalue weighted by molar-refractivity contribution is 0.0924. The maximum atomic E-state index is 13.6. The van der Waals surface area contributed by atoms with Crippen molar-refractivity contribution in [2.24, 2.45) is 0 Å². The molecule has 7 heteroatoms. The topological polar surface area (TPSA) is 60.1 Å². The molecule has 0 atom stereocenters. The zero-order chi connectivity index (χ0) is 24.2. The highest BCUT2D eigenvalue weighted by Crippen LogP contribution is 2.38. The zero-order valence-electron chi connectivity index (χ0n) is 19.7. The lowest BCUT2D eigenvalue weighted by Gasteiger charge is -2.24. The number of furan rings is 1. The van der Waals surface area contributed by atoms with E-state index >= 15 is 0 Å². The fourth-order valence-corrected chi connectivity index (χ4v) is 5.07. The molecule has 1 amide bonds. The van der Waals surface area contributed by atoms with Crippen LogP contribution in [-0.4, -0.2) is 21.7 Å².